The number of hydrogen-bond acceptors (Lipinski definition) is 5. The number of amides is 2. The summed E-state index contributed by atoms with van der Waals surface area (Å²) in [6.07, 6.45) is 0.0324. The Labute approximate surface area is 156 Å². The van der Waals surface area contributed by atoms with Gasteiger partial charge in [0.1, 0.15) is 12.3 Å². The number of fused-ring (bicyclic) bond motifs is 1. The Morgan fingerprint density at radius 1 is 1.11 bits per heavy atom. The molecular formula is C20H20N2O5. The number of rotatable bonds is 5. The van der Waals surface area contributed by atoms with E-state index in [1.165, 1.54) is 4.90 Å². The molecule has 2 amide bonds. The van der Waals surface area contributed by atoms with E-state index < -0.39 is 18.5 Å². The average Bonchev–Trinajstić information content (AvgIpc) is 2.65. The monoisotopic (exact) mass is 368 g/mol. The van der Waals surface area contributed by atoms with Crippen LogP contribution in [0, 0.1) is 0 Å². The highest BCUT2D eigenvalue weighted by Crippen LogP contribution is 2.28. The fraction of sp³-hybridized carbons (Fsp3) is 0.250. The first-order valence-corrected chi connectivity index (χ1v) is 8.57. The van der Waals surface area contributed by atoms with Crippen LogP contribution < -0.4 is 15.0 Å². The van der Waals surface area contributed by atoms with Crippen LogP contribution in [-0.4, -0.2) is 37.0 Å². The van der Waals surface area contributed by atoms with Crippen LogP contribution in [0.4, 0.5) is 11.4 Å². The van der Waals surface area contributed by atoms with Crippen LogP contribution >= 0.6 is 0 Å². The Morgan fingerprint density at radius 2 is 1.81 bits per heavy atom. The number of nitrogens with zero attached hydrogens (tertiary/aromatic N) is 1. The van der Waals surface area contributed by atoms with Crippen molar-refractivity contribution in [1.82, 2.24) is 0 Å². The fourth-order valence-corrected chi connectivity index (χ4v) is 2.69. The molecule has 7 nitrogen and oxygen atoms in total. The molecule has 0 radical (unpaired) electrons. The highest BCUT2D eigenvalue weighted by atomic mass is 16.5. The summed E-state index contributed by atoms with van der Waals surface area (Å²) in [5.41, 5.74) is 1.44. The van der Waals surface area contributed by atoms with E-state index in [1.807, 2.05) is 13.8 Å². The van der Waals surface area contributed by atoms with Gasteiger partial charge in [-0.3, -0.25) is 14.5 Å². The van der Waals surface area contributed by atoms with E-state index in [2.05, 4.69) is 5.32 Å². The molecule has 0 aliphatic carbocycles. The Morgan fingerprint density at radius 3 is 2.52 bits per heavy atom. The third kappa shape index (κ3) is 4.44. The lowest BCUT2D eigenvalue weighted by molar-refractivity contribution is -0.124. The molecule has 27 heavy (non-hydrogen) atoms. The summed E-state index contributed by atoms with van der Waals surface area (Å²) in [5, 5.41) is 2.70. The van der Waals surface area contributed by atoms with Crippen LogP contribution in [0.15, 0.2) is 48.5 Å². The molecule has 1 aliphatic heterocycles. The van der Waals surface area contributed by atoms with Crippen LogP contribution in [0.3, 0.4) is 0 Å². The summed E-state index contributed by atoms with van der Waals surface area (Å²) in [4.78, 5) is 37.7. The number of anilines is 2. The molecule has 0 fully saturated rings. The average molecular weight is 368 g/mol. The van der Waals surface area contributed by atoms with Gasteiger partial charge in [0.25, 0.3) is 5.91 Å². The molecule has 0 aromatic heterocycles. The molecule has 0 bridgehead atoms. The van der Waals surface area contributed by atoms with Crippen molar-refractivity contribution in [2.45, 2.75) is 20.0 Å². The van der Waals surface area contributed by atoms with Crippen molar-refractivity contribution in [3.8, 4) is 5.75 Å². The van der Waals surface area contributed by atoms with Gasteiger partial charge in [-0.05, 0) is 50.2 Å². The van der Waals surface area contributed by atoms with Crippen molar-refractivity contribution in [2.75, 3.05) is 23.4 Å². The molecule has 0 atom stereocenters. The van der Waals surface area contributed by atoms with Gasteiger partial charge in [-0.2, -0.15) is 0 Å². The third-order valence-corrected chi connectivity index (χ3v) is 3.86. The van der Waals surface area contributed by atoms with Gasteiger partial charge in [0.05, 0.1) is 23.0 Å². The van der Waals surface area contributed by atoms with Gasteiger partial charge < -0.3 is 14.8 Å². The van der Waals surface area contributed by atoms with E-state index in [0.29, 0.717) is 22.7 Å². The molecule has 7 heteroatoms. The third-order valence-electron chi connectivity index (χ3n) is 3.86. The minimum Gasteiger partial charge on any atom is -0.491 e. The van der Waals surface area contributed by atoms with Gasteiger partial charge in [-0.1, -0.05) is 12.1 Å². The number of hydrogen-bond donors (Lipinski definition) is 1. The lowest BCUT2D eigenvalue weighted by atomic mass is 10.2. The number of carbonyl (C=O) groups is 3. The predicted molar refractivity (Wildman–Crippen MR) is 99.9 cm³/mol. The van der Waals surface area contributed by atoms with Gasteiger partial charge in [0, 0.05) is 0 Å². The maximum Gasteiger partial charge on any atom is 0.338 e. The zero-order valence-electron chi connectivity index (χ0n) is 15.1. The zero-order chi connectivity index (χ0) is 19.4. The number of para-hydroxylation sites is 2. The topological polar surface area (TPSA) is 84.9 Å². The minimum absolute atomic E-state index is 0.0324. The van der Waals surface area contributed by atoms with Crippen molar-refractivity contribution in [2.24, 2.45) is 0 Å². The van der Waals surface area contributed by atoms with E-state index in [4.69, 9.17) is 9.47 Å². The van der Waals surface area contributed by atoms with Crippen LogP contribution in [0.25, 0.3) is 0 Å². The maximum atomic E-state index is 12.5. The van der Waals surface area contributed by atoms with Gasteiger partial charge >= 0.3 is 5.97 Å². The molecule has 140 valence electrons. The first-order valence-electron chi connectivity index (χ1n) is 8.57. The second kappa shape index (κ2) is 7.90. The zero-order valence-corrected chi connectivity index (χ0v) is 15.1. The van der Waals surface area contributed by atoms with Crippen molar-refractivity contribution in [1.29, 1.82) is 0 Å². The Balaban J connectivity index is 1.62. The number of esters is 1. The molecule has 1 heterocycles. The highest BCUT2D eigenvalue weighted by Gasteiger charge is 2.27. The van der Waals surface area contributed by atoms with Crippen LogP contribution in [0.2, 0.25) is 0 Å². The molecule has 0 unspecified atom stereocenters. The predicted octanol–water partition coefficient (Wildman–Crippen LogP) is 2.62. The maximum absolute atomic E-state index is 12.5. The van der Waals surface area contributed by atoms with Gasteiger partial charge in [-0.25, -0.2) is 4.79 Å². The highest BCUT2D eigenvalue weighted by molar-refractivity contribution is 6.10. The SMILES string of the molecule is CC(C)Oc1ccc(C(=O)OCC(=O)N2CC(=O)Nc3ccccc32)cc1. The minimum atomic E-state index is -0.616. The summed E-state index contributed by atoms with van der Waals surface area (Å²) in [6.45, 7) is 3.25. The first kappa shape index (κ1) is 18.4. The number of nitrogens with one attached hydrogen (secondary N) is 1. The van der Waals surface area contributed by atoms with Crippen LogP contribution in [0.5, 0.6) is 5.75 Å². The van der Waals surface area contributed by atoms with Crippen molar-refractivity contribution < 1.29 is 23.9 Å². The Hall–Kier alpha value is -3.35. The molecule has 1 N–H and O–H groups in total. The van der Waals surface area contributed by atoms with E-state index in [-0.39, 0.29) is 18.6 Å². The van der Waals surface area contributed by atoms with E-state index in [9.17, 15) is 14.4 Å². The Kier molecular flexibility index (Phi) is 5.40. The fourth-order valence-electron chi connectivity index (χ4n) is 2.69. The first-order chi connectivity index (χ1) is 12.9. The second-order valence-electron chi connectivity index (χ2n) is 6.31. The van der Waals surface area contributed by atoms with E-state index >= 15 is 0 Å². The summed E-state index contributed by atoms with van der Waals surface area (Å²) in [7, 11) is 0. The van der Waals surface area contributed by atoms with Gasteiger partial charge in [0.15, 0.2) is 6.61 Å². The summed E-state index contributed by atoms with van der Waals surface area (Å²) in [5.74, 6) is -0.734. The normalized spacial score (nSPS) is 13.0. The van der Waals surface area contributed by atoms with Crippen molar-refractivity contribution in [3.05, 3.63) is 54.1 Å². The molecule has 3 rings (SSSR count). The lowest BCUT2D eigenvalue weighted by Crippen LogP contribution is -2.44. The molecule has 2 aromatic rings. The standard InChI is InChI=1S/C20H20N2O5/c1-13(2)27-15-9-7-14(8-10-15)20(25)26-12-19(24)22-11-18(23)21-16-5-3-4-6-17(16)22/h3-10,13H,11-12H2,1-2H3,(H,21,23). The molecule has 1 aliphatic rings. The smallest absolute Gasteiger partial charge is 0.338 e. The summed E-state index contributed by atoms with van der Waals surface area (Å²) >= 11 is 0. The Bertz CT molecular complexity index is 861. The second-order valence-corrected chi connectivity index (χ2v) is 6.31. The number of benzene rings is 2. The summed E-state index contributed by atoms with van der Waals surface area (Å²) in [6, 6.07) is 13.5. The van der Waals surface area contributed by atoms with Crippen molar-refractivity contribution in [3.63, 3.8) is 0 Å². The van der Waals surface area contributed by atoms with Gasteiger partial charge in [-0.15, -0.1) is 0 Å². The largest absolute Gasteiger partial charge is 0.491 e. The molecule has 0 saturated heterocycles. The number of ether oxygens (including phenoxy) is 2. The lowest BCUT2D eigenvalue weighted by Gasteiger charge is -2.28. The van der Waals surface area contributed by atoms with E-state index in [0.717, 1.165) is 0 Å². The molecule has 2 aromatic carbocycles. The molecular weight excluding hydrogens is 348 g/mol. The van der Waals surface area contributed by atoms with Crippen LogP contribution in [0.1, 0.15) is 24.2 Å². The summed E-state index contributed by atoms with van der Waals surface area (Å²) < 4.78 is 10.6. The molecule has 0 saturated carbocycles. The van der Waals surface area contributed by atoms with Crippen LogP contribution in [-0.2, 0) is 14.3 Å². The number of carbonyl (C=O) groups excluding carboxylic acids is 3. The van der Waals surface area contributed by atoms with Gasteiger partial charge in [0.2, 0.25) is 5.91 Å². The van der Waals surface area contributed by atoms with Crippen molar-refractivity contribution >= 4 is 29.2 Å². The molecule has 0 spiro atoms. The van der Waals surface area contributed by atoms with E-state index in [1.54, 1.807) is 48.5 Å². The quantitative estimate of drug-likeness (QED) is 0.820.